The Labute approximate surface area is 153 Å². The van der Waals surface area contributed by atoms with Crippen LogP contribution in [0.5, 0.6) is 0 Å². The molecule has 1 aromatic carbocycles. The van der Waals surface area contributed by atoms with Crippen LogP contribution < -0.4 is 5.73 Å². The molecule has 2 atom stereocenters. The minimum atomic E-state index is -0.298. The van der Waals surface area contributed by atoms with E-state index < -0.39 is 0 Å². The van der Waals surface area contributed by atoms with Gasteiger partial charge in [-0.05, 0) is 49.9 Å². The van der Waals surface area contributed by atoms with Crippen LogP contribution in [0.3, 0.4) is 0 Å². The Morgan fingerprint density at radius 3 is 2.68 bits per heavy atom. The molecule has 0 saturated carbocycles. The first kappa shape index (κ1) is 19.4. The number of hydrogen-bond acceptors (Lipinski definition) is 3. The normalized spacial score (nSPS) is 20.2. The number of carbonyl (C=O) groups is 1. The van der Waals surface area contributed by atoms with Crippen LogP contribution in [0.25, 0.3) is 5.69 Å². The van der Waals surface area contributed by atoms with Crippen LogP contribution in [0.2, 0.25) is 0 Å². The molecule has 2 unspecified atom stereocenters. The Morgan fingerprint density at radius 2 is 2.04 bits per heavy atom. The number of nitrogens with two attached hydrogens (primary N) is 1. The van der Waals surface area contributed by atoms with Gasteiger partial charge >= 0.3 is 0 Å². The van der Waals surface area contributed by atoms with Crippen molar-refractivity contribution < 1.29 is 9.18 Å². The van der Waals surface area contributed by atoms with E-state index in [-0.39, 0.29) is 30.2 Å². The molecular weight excluding hydrogens is 343 g/mol. The molecule has 2 aromatic rings. The lowest BCUT2D eigenvalue weighted by atomic mass is 9.92. The van der Waals surface area contributed by atoms with E-state index in [4.69, 9.17) is 5.73 Å². The Morgan fingerprint density at radius 1 is 1.36 bits per heavy atom. The number of piperidine rings is 1. The lowest BCUT2D eigenvalue weighted by Gasteiger charge is -2.38. The number of likely N-dealkylation sites (tertiary alicyclic amines) is 1. The van der Waals surface area contributed by atoms with E-state index in [0.717, 1.165) is 30.8 Å². The smallest absolute Gasteiger partial charge is 0.257 e. The molecule has 7 heteroatoms. The Bertz CT molecular complexity index is 731. The van der Waals surface area contributed by atoms with Crippen LogP contribution >= 0.6 is 12.4 Å². The fourth-order valence-corrected chi connectivity index (χ4v) is 3.36. The molecular formula is C18H24ClFN4O. The van der Waals surface area contributed by atoms with Crippen LogP contribution in [0.4, 0.5) is 4.39 Å². The average molecular weight is 367 g/mol. The van der Waals surface area contributed by atoms with Gasteiger partial charge in [-0.15, -0.1) is 12.4 Å². The molecule has 1 amide bonds. The zero-order valence-corrected chi connectivity index (χ0v) is 15.3. The molecule has 0 spiro atoms. The van der Waals surface area contributed by atoms with Crippen molar-refractivity contribution in [1.82, 2.24) is 14.7 Å². The average Bonchev–Trinajstić information content (AvgIpc) is 2.96. The summed E-state index contributed by atoms with van der Waals surface area (Å²) < 4.78 is 14.8. The fraction of sp³-hybridized carbons (Fsp3) is 0.444. The maximum absolute atomic E-state index is 13.1. The summed E-state index contributed by atoms with van der Waals surface area (Å²) in [6.45, 7) is 5.25. The summed E-state index contributed by atoms with van der Waals surface area (Å²) in [5.41, 5.74) is 7.93. The lowest BCUT2D eigenvalue weighted by molar-refractivity contribution is 0.0573. The zero-order chi connectivity index (χ0) is 17.3. The second-order valence-corrected chi connectivity index (χ2v) is 6.55. The third-order valence-electron chi connectivity index (χ3n) is 4.82. The molecule has 1 aromatic heterocycles. The van der Waals surface area contributed by atoms with E-state index in [1.165, 1.54) is 12.1 Å². The standard InChI is InChI=1S/C18H23FN4O.ClH/c1-12-7-8-22(16(9-12)10-20)18(24)17-11-21-23(13(17)2)15-5-3-14(19)4-6-15;/h3-6,11-12,16H,7-10,20H2,1-2H3;1H. The van der Waals surface area contributed by atoms with Crippen molar-refractivity contribution in [3.63, 3.8) is 0 Å². The van der Waals surface area contributed by atoms with Gasteiger partial charge in [0.15, 0.2) is 0 Å². The molecule has 1 aliphatic heterocycles. The number of carbonyl (C=O) groups excluding carboxylic acids is 1. The summed E-state index contributed by atoms with van der Waals surface area (Å²) in [5.74, 6) is 0.266. The van der Waals surface area contributed by atoms with Crippen molar-refractivity contribution in [2.45, 2.75) is 32.7 Å². The molecule has 0 bridgehead atoms. The largest absolute Gasteiger partial charge is 0.334 e. The molecule has 0 radical (unpaired) electrons. The van der Waals surface area contributed by atoms with Gasteiger partial charge in [0.05, 0.1) is 23.1 Å². The van der Waals surface area contributed by atoms with Gasteiger partial charge in [0.1, 0.15) is 5.82 Å². The van der Waals surface area contributed by atoms with Crippen LogP contribution in [-0.2, 0) is 0 Å². The van der Waals surface area contributed by atoms with Gasteiger partial charge in [-0.3, -0.25) is 4.79 Å². The molecule has 2 heterocycles. The first-order valence-corrected chi connectivity index (χ1v) is 8.33. The molecule has 3 rings (SSSR count). The van der Waals surface area contributed by atoms with Gasteiger partial charge in [0.2, 0.25) is 0 Å². The molecule has 1 aliphatic rings. The van der Waals surface area contributed by atoms with Gasteiger partial charge < -0.3 is 10.6 Å². The molecule has 0 aliphatic carbocycles. The Balaban J connectivity index is 0.00000225. The summed E-state index contributed by atoms with van der Waals surface area (Å²) in [7, 11) is 0. The van der Waals surface area contributed by atoms with Gasteiger partial charge in [-0.1, -0.05) is 6.92 Å². The second kappa shape index (κ2) is 7.97. The molecule has 2 N–H and O–H groups in total. The SMILES string of the molecule is Cc1c(C(=O)N2CCC(C)CC2CN)cnn1-c1ccc(F)cc1.Cl. The van der Waals surface area contributed by atoms with Crippen molar-refractivity contribution >= 4 is 18.3 Å². The predicted molar refractivity (Wildman–Crippen MR) is 97.8 cm³/mol. The third kappa shape index (κ3) is 3.85. The number of halogens is 2. The summed E-state index contributed by atoms with van der Waals surface area (Å²) >= 11 is 0. The highest BCUT2D eigenvalue weighted by molar-refractivity contribution is 5.95. The quantitative estimate of drug-likeness (QED) is 0.908. The van der Waals surface area contributed by atoms with E-state index in [2.05, 4.69) is 12.0 Å². The molecule has 1 saturated heterocycles. The number of rotatable bonds is 3. The maximum atomic E-state index is 13.1. The minimum Gasteiger partial charge on any atom is -0.334 e. The van der Waals surface area contributed by atoms with Crippen molar-refractivity contribution in [1.29, 1.82) is 0 Å². The lowest BCUT2D eigenvalue weighted by Crippen LogP contribution is -2.49. The molecule has 1 fully saturated rings. The summed E-state index contributed by atoms with van der Waals surface area (Å²) in [4.78, 5) is 14.8. The van der Waals surface area contributed by atoms with E-state index in [0.29, 0.717) is 18.0 Å². The van der Waals surface area contributed by atoms with E-state index >= 15 is 0 Å². The van der Waals surface area contributed by atoms with Crippen molar-refractivity contribution in [3.8, 4) is 5.69 Å². The van der Waals surface area contributed by atoms with E-state index in [1.807, 2.05) is 11.8 Å². The van der Waals surface area contributed by atoms with Crippen LogP contribution in [-0.4, -0.2) is 39.7 Å². The van der Waals surface area contributed by atoms with Gasteiger partial charge in [-0.25, -0.2) is 9.07 Å². The Hall–Kier alpha value is -1.92. The Kier molecular flexibility index (Phi) is 6.19. The van der Waals surface area contributed by atoms with Crippen molar-refractivity contribution in [2.24, 2.45) is 11.7 Å². The second-order valence-electron chi connectivity index (χ2n) is 6.55. The number of hydrogen-bond donors (Lipinski definition) is 1. The number of nitrogens with zero attached hydrogens (tertiary/aromatic N) is 3. The number of benzene rings is 1. The van der Waals surface area contributed by atoms with Crippen LogP contribution in [0, 0.1) is 18.7 Å². The van der Waals surface area contributed by atoms with Gasteiger partial charge in [0.25, 0.3) is 5.91 Å². The molecule has 5 nitrogen and oxygen atoms in total. The molecule has 25 heavy (non-hydrogen) atoms. The zero-order valence-electron chi connectivity index (χ0n) is 14.5. The van der Waals surface area contributed by atoms with Gasteiger partial charge in [-0.2, -0.15) is 5.10 Å². The van der Waals surface area contributed by atoms with Crippen molar-refractivity contribution in [3.05, 3.63) is 47.5 Å². The van der Waals surface area contributed by atoms with Crippen LogP contribution in [0.1, 0.15) is 35.8 Å². The topological polar surface area (TPSA) is 64.2 Å². The monoisotopic (exact) mass is 366 g/mol. The highest BCUT2D eigenvalue weighted by Crippen LogP contribution is 2.25. The maximum Gasteiger partial charge on any atom is 0.257 e. The predicted octanol–water partition coefficient (Wildman–Crippen LogP) is 2.94. The fourth-order valence-electron chi connectivity index (χ4n) is 3.36. The third-order valence-corrected chi connectivity index (χ3v) is 4.82. The molecule has 136 valence electrons. The van der Waals surface area contributed by atoms with Crippen LogP contribution in [0.15, 0.2) is 30.5 Å². The van der Waals surface area contributed by atoms with E-state index in [1.54, 1.807) is 23.0 Å². The minimum absolute atomic E-state index is 0. The van der Waals surface area contributed by atoms with Crippen molar-refractivity contribution in [2.75, 3.05) is 13.1 Å². The first-order valence-electron chi connectivity index (χ1n) is 8.33. The van der Waals surface area contributed by atoms with Gasteiger partial charge in [0, 0.05) is 19.1 Å². The highest BCUT2D eigenvalue weighted by Gasteiger charge is 2.31. The number of amides is 1. The number of aromatic nitrogens is 2. The summed E-state index contributed by atoms with van der Waals surface area (Å²) in [5, 5.41) is 4.31. The summed E-state index contributed by atoms with van der Waals surface area (Å²) in [6, 6.07) is 6.14. The first-order chi connectivity index (χ1) is 11.5. The summed E-state index contributed by atoms with van der Waals surface area (Å²) in [6.07, 6.45) is 3.52. The van der Waals surface area contributed by atoms with E-state index in [9.17, 15) is 9.18 Å². The highest BCUT2D eigenvalue weighted by atomic mass is 35.5.